The molecule has 0 fully saturated rings. The van der Waals surface area contributed by atoms with Crippen molar-refractivity contribution in [3.05, 3.63) is 102 Å². The number of rotatable bonds is 21. The summed E-state index contributed by atoms with van der Waals surface area (Å²) >= 11 is 7.31. The zero-order chi connectivity index (χ0) is 39.9. The van der Waals surface area contributed by atoms with Crippen LogP contribution in [0.25, 0.3) is 0 Å². The number of hydrogen-bond acceptors (Lipinski definition) is 12. The number of carbonyl (C=O) groups excluding carboxylic acids is 4. The summed E-state index contributed by atoms with van der Waals surface area (Å²) in [7, 11) is 0. The number of amides is 4. The Kier molecular flexibility index (Phi) is 17.2. The highest BCUT2D eigenvalue weighted by molar-refractivity contribution is 7.99. The number of aromatic amines is 2. The molecule has 54 heavy (non-hydrogen) atoms. The molecule has 1 aliphatic rings. The summed E-state index contributed by atoms with van der Waals surface area (Å²) in [5.74, 6) is 1.70. The van der Waals surface area contributed by atoms with Crippen LogP contribution in [0.1, 0.15) is 18.1 Å². The lowest BCUT2D eigenvalue weighted by Crippen LogP contribution is -2.43. The Balaban J connectivity index is 1.56. The third kappa shape index (κ3) is 13.0. The molecule has 3 N–H and O–H groups in total. The molecule has 0 saturated carbocycles. The van der Waals surface area contributed by atoms with E-state index < -0.39 is 22.5 Å². The van der Waals surface area contributed by atoms with Gasteiger partial charge in [-0.1, -0.05) is 13.2 Å². The summed E-state index contributed by atoms with van der Waals surface area (Å²) in [4.78, 5) is 110. The molecule has 3 heterocycles. The van der Waals surface area contributed by atoms with Gasteiger partial charge in [-0.3, -0.25) is 47.9 Å². The maximum atomic E-state index is 13.5. The molecule has 0 radical (unpaired) electrons. The highest BCUT2D eigenvalue weighted by Crippen LogP contribution is 2.12. The number of nitrogens with one attached hydrogen (secondary N) is 3. The van der Waals surface area contributed by atoms with Gasteiger partial charge >= 0.3 is 11.4 Å². The molecule has 0 atom stereocenters. The largest absolute Gasteiger partial charge is 0.340 e. The van der Waals surface area contributed by atoms with Crippen LogP contribution >= 0.6 is 36.2 Å². The number of thiol groups is 1. The Bertz CT molecular complexity index is 1990. The minimum absolute atomic E-state index is 0.0357. The summed E-state index contributed by atoms with van der Waals surface area (Å²) in [6.45, 7) is 13.5. The van der Waals surface area contributed by atoms with Gasteiger partial charge in [0.1, 0.15) is 25.5 Å². The number of carbonyl (C=O) groups is 4. The van der Waals surface area contributed by atoms with Crippen LogP contribution < -0.4 is 27.8 Å². The van der Waals surface area contributed by atoms with Crippen LogP contribution in [0.2, 0.25) is 0 Å². The third-order valence-corrected chi connectivity index (χ3v) is 10.3. The Morgan fingerprint density at radius 1 is 0.741 bits per heavy atom. The number of nitrogens with zero attached hydrogens (tertiary/aromatic N) is 6. The molecule has 0 aromatic carbocycles. The summed E-state index contributed by atoms with van der Waals surface area (Å²) in [5.41, 5.74) is -1.33. The van der Waals surface area contributed by atoms with Gasteiger partial charge in [0.05, 0.1) is 0 Å². The number of aromatic nitrogens is 4. The van der Waals surface area contributed by atoms with Crippen molar-refractivity contribution >= 4 is 59.8 Å². The van der Waals surface area contributed by atoms with Crippen molar-refractivity contribution < 1.29 is 19.2 Å². The van der Waals surface area contributed by atoms with E-state index in [4.69, 9.17) is 0 Å². The van der Waals surface area contributed by atoms with E-state index in [2.05, 4.69) is 41.1 Å². The van der Waals surface area contributed by atoms with Crippen molar-refractivity contribution in [1.29, 1.82) is 0 Å². The Morgan fingerprint density at radius 3 is 1.67 bits per heavy atom. The topological polar surface area (TPSA) is 203 Å². The van der Waals surface area contributed by atoms with E-state index >= 15 is 0 Å². The lowest BCUT2D eigenvalue weighted by molar-refractivity contribution is -0.132. The van der Waals surface area contributed by atoms with Crippen LogP contribution in [-0.4, -0.2) is 130 Å². The molecule has 4 amide bonds. The van der Waals surface area contributed by atoms with E-state index in [1.807, 2.05) is 0 Å². The second-order valence-corrected chi connectivity index (χ2v) is 15.1. The van der Waals surface area contributed by atoms with E-state index in [1.54, 1.807) is 41.7 Å². The first-order valence-corrected chi connectivity index (χ1v) is 19.9. The van der Waals surface area contributed by atoms with Crippen molar-refractivity contribution in [1.82, 2.24) is 44.0 Å². The van der Waals surface area contributed by atoms with Crippen LogP contribution in [0, 0.1) is 13.8 Å². The summed E-state index contributed by atoms with van der Waals surface area (Å²) in [6, 6.07) is 0. The van der Waals surface area contributed by atoms with Crippen LogP contribution in [0.3, 0.4) is 0 Å². The van der Waals surface area contributed by atoms with Crippen LogP contribution in [0.5, 0.6) is 0 Å². The molecule has 2 aromatic heterocycles. The predicted molar refractivity (Wildman–Crippen MR) is 213 cm³/mol. The Morgan fingerprint density at radius 2 is 1.20 bits per heavy atom. The first-order chi connectivity index (χ1) is 25.6. The van der Waals surface area contributed by atoms with Crippen LogP contribution in [0.15, 0.2) is 68.5 Å². The first kappa shape index (κ1) is 43.7. The van der Waals surface area contributed by atoms with Crippen molar-refractivity contribution in [3.63, 3.8) is 0 Å². The van der Waals surface area contributed by atoms with Crippen molar-refractivity contribution in [2.75, 3.05) is 68.0 Å². The van der Waals surface area contributed by atoms with Gasteiger partial charge in [-0.2, -0.15) is 36.2 Å². The molecule has 0 spiro atoms. The zero-order valence-electron chi connectivity index (χ0n) is 30.6. The molecule has 20 heteroatoms. The average Bonchev–Trinajstić information content (AvgIpc) is 3.11. The van der Waals surface area contributed by atoms with Crippen molar-refractivity contribution in [2.45, 2.75) is 33.9 Å². The minimum Gasteiger partial charge on any atom is -0.340 e. The summed E-state index contributed by atoms with van der Waals surface area (Å²) < 4.78 is 2.32. The summed E-state index contributed by atoms with van der Waals surface area (Å²) in [5, 5.41) is 2.61. The first-order valence-electron chi connectivity index (χ1n) is 16.9. The third-order valence-electron chi connectivity index (χ3n) is 8.22. The fourth-order valence-corrected chi connectivity index (χ4v) is 7.09. The van der Waals surface area contributed by atoms with Gasteiger partial charge in [-0.05, 0) is 27.0 Å². The van der Waals surface area contributed by atoms with Gasteiger partial charge in [0, 0.05) is 96.8 Å². The van der Waals surface area contributed by atoms with Gasteiger partial charge in [0.25, 0.3) is 17.0 Å². The van der Waals surface area contributed by atoms with E-state index in [9.17, 15) is 38.4 Å². The molecule has 0 unspecified atom stereocenters. The Labute approximate surface area is 325 Å². The maximum Gasteiger partial charge on any atom is 0.328 e. The standard InChI is InChI=1S/C34H47N9O8S3/c1-6-38(27(44)20-41-17-23(2)30(47)35-26(41)5)8-13-53-15-10-40(29(46)22-43-19-25(4)32(49)37-34(43)51)11-16-54-14-9-39(7-12-52)28(45)21-42-18-24(3)31(48)36-33(42)50/h6,17-19,52H,1,5,7-16,20-22H2,2-4H3,(H,35,47)(H,36,48,50)(H,37,49,51). The van der Waals surface area contributed by atoms with E-state index in [0.717, 1.165) is 9.13 Å². The van der Waals surface area contributed by atoms with Crippen LogP contribution in [0.4, 0.5) is 0 Å². The molecule has 17 nitrogen and oxygen atoms in total. The molecular formula is C34H47N9O8S3. The number of H-pyrrole nitrogens is 2. The fourth-order valence-electron chi connectivity index (χ4n) is 5.06. The van der Waals surface area contributed by atoms with Gasteiger partial charge in [-0.15, -0.1) is 0 Å². The highest BCUT2D eigenvalue weighted by atomic mass is 32.2. The lowest BCUT2D eigenvalue weighted by atomic mass is 10.2. The zero-order valence-corrected chi connectivity index (χ0v) is 33.2. The lowest BCUT2D eigenvalue weighted by Gasteiger charge is -2.29. The SMILES string of the molecule is C=CN(CCSCCN(CCSCCN(CCS)C(=O)Cn1cc(C)c(=O)[nH]c1=O)C(=O)Cn1cc(C)c(=O)[nH]c1=O)C(=O)CN1C=C(C)C(=O)NC1=C. The molecule has 1 aliphatic heterocycles. The fraction of sp³-hybridized carbons (Fsp3) is 0.471. The normalized spacial score (nSPS) is 12.6. The maximum absolute atomic E-state index is 13.5. The van der Waals surface area contributed by atoms with Crippen LogP contribution in [-0.2, 0) is 32.3 Å². The minimum atomic E-state index is -0.689. The Hall–Kier alpha value is -4.69. The average molecular weight is 806 g/mol. The monoisotopic (exact) mass is 805 g/mol. The molecular weight excluding hydrogens is 759 g/mol. The molecule has 3 rings (SSSR count). The number of thioether (sulfide) groups is 2. The van der Waals surface area contributed by atoms with Crippen molar-refractivity contribution in [2.24, 2.45) is 0 Å². The predicted octanol–water partition coefficient (Wildman–Crippen LogP) is -0.464. The van der Waals surface area contributed by atoms with Gasteiger partial charge in [0.2, 0.25) is 17.7 Å². The quantitative estimate of drug-likeness (QED) is 0.0940. The second kappa shape index (κ2) is 21.3. The molecule has 0 bridgehead atoms. The number of aryl methyl sites for hydroxylation is 2. The molecule has 0 aliphatic carbocycles. The highest BCUT2D eigenvalue weighted by Gasteiger charge is 2.22. The summed E-state index contributed by atoms with van der Waals surface area (Å²) in [6.07, 6.45) is 5.71. The van der Waals surface area contributed by atoms with E-state index in [1.165, 1.54) is 47.0 Å². The van der Waals surface area contributed by atoms with Gasteiger partial charge in [0.15, 0.2) is 0 Å². The number of hydrogen-bond donors (Lipinski definition) is 4. The molecule has 2 aromatic rings. The smallest absolute Gasteiger partial charge is 0.328 e. The van der Waals surface area contributed by atoms with Crippen molar-refractivity contribution in [3.8, 4) is 0 Å². The van der Waals surface area contributed by atoms with E-state index in [-0.39, 0.29) is 43.3 Å². The van der Waals surface area contributed by atoms with Gasteiger partial charge < -0.3 is 24.9 Å². The van der Waals surface area contributed by atoms with E-state index in [0.29, 0.717) is 84.0 Å². The van der Waals surface area contributed by atoms with Gasteiger partial charge in [-0.25, -0.2) is 9.59 Å². The molecule has 294 valence electrons. The molecule has 0 saturated heterocycles. The second-order valence-electron chi connectivity index (χ2n) is 12.2.